The third-order valence-corrected chi connectivity index (χ3v) is 2.92. The van der Waals surface area contributed by atoms with Gasteiger partial charge in [-0.1, -0.05) is 13.8 Å². The molecule has 0 saturated heterocycles. The van der Waals surface area contributed by atoms with E-state index in [1.165, 1.54) is 18.3 Å². The molecular weight excluding hydrogens is 248 g/mol. The van der Waals surface area contributed by atoms with Crippen LogP contribution in [0.5, 0.6) is 0 Å². The first-order valence-electron chi connectivity index (χ1n) is 6.21. The number of pyridine rings is 1. The van der Waals surface area contributed by atoms with Gasteiger partial charge in [0.25, 0.3) is 5.56 Å². The van der Waals surface area contributed by atoms with Gasteiger partial charge in [-0.15, -0.1) is 0 Å². The van der Waals surface area contributed by atoms with Crippen molar-refractivity contribution >= 4 is 11.9 Å². The normalized spacial score (nSPS) is 10.5. The van der Waals surface area contributed by atoms with Crippen molar-refractivity contribution in [3.8, 4) is 0 Å². The number of hydrogen-bond acceptors (Lipinski definition) is 3. The third-order valence-electron chi connectivity index (χ3n) is 2.92. The Kier molecular flexibility index (Phi) is 5.29. The molecule has 0 saturated carbocycles. The van der Waals surface area contributed by atoms with Crippen molar-refractivity contribution in [2.24, 2.45) is 0 Å². The summed E-state index contributed by atoms with van der Waals surface area (Å²) >= 11 is 0. The van der Waals surface area contributed by atoms with Gasteiger partial charge in [0.2, 0.25) is 5.91 Å². The topological polar surface area (TPSA) is 88.4 Å². The van der Waals surface area contributed by atoms with E-state index in [2.05, 4.69) is 5.32 Å². The van der Waals surface area contributed by atoms with Crippen molar-refractivity contribution in [3.63, 3.8) is 0 Å². The van der Waals surface area contributed by atoms with E-state index in [4.69, 9.17) is 5.11 Å². The SMILES string of the molecule is CCC(CC)NC(=O)Cn1cccc(C(=O)O)c1=O. The molecule has 1 rings (SSSR count). The molecule has 0 unspecified atom stereocenters. The maximum atomic E-state index is 11.8. The standard InChI is InChI=1S/C13H18N2O4/c1-3-9(4-2)14-11(16)8-15-7-5-6-10(12(15)17)13(18)19/h5-7,9H,3-4,8H2,1-2H3,(H,14,16)(H,18,19). The number of aromatic carboxylic acids is 1. The van der Waals surface area contributed by atoms with Crippen LogP contribution in [0.15, 0.2) is 23.1 Å². The summed E-state index contributed by atoms with van der Waals surface area (Å²) < 4.78 is 1.10. The molecule has 19 heavy (non-hydrogen) atoms. The van der Waals surface area contributed by atoms with Crippen molar-refractivity contribution in [1.82, 2.24) is 9.88 Å². The first-order valence-corrected chi connectivity index (χ1v) is 6.21. The van der Waals surface area contributed by atoms with E-state index >= 15 is 0 Å². The zero-order chi connectivity index (χ0) is 14.4. The number of carbonyl (C=O) groups is 2. The second-order valence-electron chi connectivity index (χ2n) is 4.24. The lowest BCUT2D eigenvalue weighted by molar-refractivity contribution is -0.122. The van der Waals surface area contributed by atoms with Crippen LogP contribution in [-0.4, -0.2) is 27.6 Å². The van der Waals surface area contributed by atoms with Crippen molar-refractivity contribution in [3.05, 3.63) is 34.2 Å². The minimum atomic E-state index is -1.29. The number of aromatic nitrogens is 1. The zero-order valence-corrected chi connectivity index (χ0v) is 11.0. The van der Waals surface area contributed by atoms with Crippen LogP contribution in [0.1, 0.15) is 37.0 Å². The first kappa shape index (κ1) is 14.9. The number of hydrogen-bond donors (Lipinski definition) is 2. The van der Waals surface area contributed by atoms with Crippen molar-refractivity contribution in [2.45, 2.75) is 39.3 Å². The van der Waals surface area contributed by atoms with Crippen molar-refractivity contribution in [1.29, 1.82) is 0 Å². The molecular formula is C13H18N2O4. The van der Waals surface area contributed by atoms with Crippen LogP contribution in [0.2, 0.25) is 0 Å². The number of rotatable bonds is 6. The zero-order valence-electron chi connectivity index (χ0n) is 11.0. The summed E-state index contributed by atoms with van der Waals surface area (Å²) in [4.78, 5) is 34.3. The fraction of sp³-hybridized carbons (Fsp3) is 0.462. The second-order valence-corrected chi connectivity index (χ2v) is 4.24. The number of nitrogens with zero attached hydrogens (tertiary/aromatic N) is 1. The molecule has 1 heterocycles. The molecule has 0 radical (unpaired) electrons. The Hall–Kier alpha value is -2.11. The quantitative estimate of drug-likeness (QED) is 0.799. The van der Waals surface area contributed by atoms with E-state index in [1.54, 1.807) is 0 Å². The van der Waals surface area contributed by atoms with Crippen molar-refractivity contribution < 1.29 is 14.7 Å². The summed E-state index contributed by atoms with van der Waals surface area (Å²) in [7, 11) is 0. The summed E-state index contributed by atoms with van der Waals surface area (Å²) in [5, 5.41) is 11.6. The number of nitrogens with one attached hydrogen (secondary N) is 1. The van der Waals surface area contributed by atoms with E-state index < -0.39 is 11.5 Å². The fourth-order valence-electron chi connectivity index (χ4n) is 1.74. The highest BCUT2D eigenvalue weighted by Gasteiger charge is 2.13. The molecule has 0 aliphatic rings. The molecule has 0 fully saturated rings. The molecule has 0 bridgehead atoms. The van der Waals surface area contributed by atoms with E-state index in [0.717, 1.165) is 17.4 Å². The Bertz CT molecular complexity index is 518. The van der Waals surface area contributed by atoms with E-state index in [1.807, 2.05) is 13.8 Å². The van der Waals surface area contributed by atoms with E-state index in [9.17, 15) is 14.4 Å². The monoisotopic (exact) mass is 266 g/mol. The van der Waals surface area contributed by atoms with Gasteiger partial charge in [-0.05, 0) is 25.0 Å². The lowest BCUT2D eigenvalue weighted by atomic mass is 10.2. The molecule has 6 heteroatoms. The van der Waals surface area contributed by atoms with Gasteiger partial charge in [0.15, 0.2) is 0 Å². The predicted molar refractivity (Wildman–Crippen MR) is 70.2 cm³/mol. The van der Waals surface area contributed by atoms with Gasteiger partial charge in [0.1, 0.15) is 12.1 Å². The highest BCUT2D eigenvalue weighted by atomic mass is 16.4. The van der Waals surface area contributed by atoms with Crippen LogP contribution in [0.4, 0.5) is 0 Å². The maximum Gasteiger partial charge on any atom is 0.341 e. The minimum absolute atomic E-state index is 0.0749. The Balaban J connectivity index is 2.83. The smallest absolute Gasteiger partial charge is 0.341 e. The van der Waals surface area contributed by atoms with Crippen LogP contribution in [-0.2, 0) is 11.3 Å². The minimum Gasteiger partial charge on any atom is -0.477 e. The summed E-state index contributed by atoms with van der Waals surface area (Å²) in [5.41, 5.74) is -1.01. The summed E-state index contributed by atoms with van der Waals surface area (Å²) in [6.45, 7) is 3.76. The Morgan fingerprint density at radius 3 is 2.53 bits per heavy atom. The molecule has 0 aromatic carbocycles. The Morgan fingerprint density at radius 1 is 1.37 bits per heavy atom. The molecule has 0 aliphatic heterocycles. The van der Waals surface area contributed by atoms with Crippen molar-refractivity contribution in [2.75, 3.05) is 0 Å². The molecule has 6 nitrogen and oxygen atoms in total. The molecule has 104 valence electrons. The average Bonchev–Trinajstić information content (AvgIpc) is 2.38. The lowest BCUT2D eigenvalue weighted by Gasteiger charge is -2.15. The number of carboxylic acids is 1. The lowest BCUT2D eigenvalue weighted by Crippen LogP contribution is -2.38. The van der Waals surface area contributed by atoms with Gasteiger partial charge >= 0.3 is 5.97 Å². The molecule has 0 spiro atoms. The third kappa shape index (κ3) is 3.94. The molecule has 1 aromatic heterocycles. The Morgan fingerprint density at radius 2 is 2.00 bits per heavy atom. The largest absolute Gasteiger partial charge is 0.477 e. The molecule has 2 N–H and O–H groups in total. The number of carbonyl (C=O) groups excluding carboxylic acids is 1. The maximum absolute atomic E-state index is 11.8. The highest BCUT2D eigenvalue weighted by molar-refractivity contribution is 5.87. The van der Waals surface area contributed by atoms with Crippen LogP contribution in [0.3, 0.4) is 0 Å². The van der Waals surface area contributed by atoms with Crippen LogP contribution >= 0.6 is 0 Å². The van der Waals surface area contributed by atoms with Gasteiger partial charge in [0.05, 0.1) is 0 Å². The highest BCUT2D eigenvalue weighted by Crippen LogP contribution is 1.97. The first-order chi connectivity index (χ1) is 8.99. The fourth-order valence-corrected chi connectivity index (χ4v) is 1.74. The molecule has 1 amide bonds. The Labute approximate surface area is 111 Å². The average molecular weight is 266 g/mol. The summed E-state index contributed by atoms with van der Waals surface area (Å²) in [6, 6.07) is 2.74. The van der Waals surface area contributed by atoms with E-state index in [0.29, 0.717) is 0 Å². The predicted octanol–water partition coefficient (Wildman–Crippen LogP) is 0.851. The van der Waals surface area contributed by atoms with Gasteiger partial charge in [0, 0.05) is 12.2 Å². The number of carboxylic acid groups (broad SMARTS) is 1. The van der Waals surface area contributed by atoms with E-state index in [-0.39, 0.29) is 24.1 Å². The second kappa shape index (κ2) is 6.72. The molecule has 0 aliphatic carbocycles. The van der Waals surface area contributed by atoms with Crippen LogP contribution in [0, 0.1) is 0 Å². The van der Waals surface area contributed by atoms with Gasteiger partial charge in [-0.25, -0.2) is 4.79 Å². The van der Waals surface area contributed by atoms with Gasteiger partial charge < -0.3 is 15.0 Å². The summed E-state index contributed by atoms with van der Waals surface area (Å²) in [6.07, 6.45) is 3.03. The summed E-state index contributed by atoms with van der Waals surface area (Å²) in [5.74, 6) is -1.59. The molecule has 0 atom stereocenters. The number of amides is 1. The van der Waals surface area contributed by atoms with Gasteiger partial charge in [-0.3, -0.25) is 9.59 Å². The van der Waals surface area contributed by atoms with Crippen LogP contribution in [0.25, 0.3) is 0 Å². The molecule has 1 aromatic rings. The van der Waals surface area contributed by atoms with Crippen LogP contribution < -0.4 is 10.9 Å². The van der Waals surface area contributed by atoms with Gasteiger partial charge in [-0.2, -0.15) is 0 Å².